The second-order valence-corrected chi connectivity index (χ2v) is 8.07. The van der Waals surface area contributed by atoms with Gasteiger partial charge in [-0.1, -0.05) is 19.3 Å². The third-order valence-corrected chi connectivity index (χ3v) is 6.37. The number of nitrogens with zero attached hydrogens (tertiary/aromatic N) is 2. The molecule has 2 aromatic heterocycles. The molecule has 0 bridgehead atoms. The number of aryl methyl sites for hydroxylation is 1. The predicted octanol–water partition coefficient (Wildman–Crippen LogP) is 3.17. The summed E-state index contributed by atoms with van der Waals surface area (Å²) in [4.78, 5) is 14.3. The lowest BCUT2D eigenvalue weighted by Crippen LogP contribution is -2.39. The van der Waals surface area contributed by atoms with E-state index in [1.54, 1.807) is 0 Å². The van der Waals surface area contributed by atoms with Crippen LogP contribution in [0.1, 0.15) is 66.4 Å². The molecule has 0 aliphatic heterocycles. The summed E-state index contributed by atoms with van der Waals surface area (Å²) in [7, 11) is 0. The maximum absolute atomic E-state index is 12.5. The molecule has 6 heteroatoms. The summed E-state index contributed by atoms with van der Waals surface area (Å²) in [5.74, 6) is -0.0626. The molecular formula is C17H23N3O2S. The molecule has 2 aliphatic carbocycles. The fraction of sp³-hybridized carbons (Fsp3) is 0.647. The Morgan fingerprint density at radius 1 is 1.43 bits per heavy atom. The van der Waals surface area contributed by atoms with E-state index in [1.807, 2.05) is 13.0 Å². The first-order valence-corrected chi connectivity index (χ1v) is 9.36. The first kappa shape index (κ1) is 15.1. The van der Waals surface area contributed by atoms with Crippen molar-refractivity contribution in [1.29, 1.82) is 0 Å². The van der Waals surface area contributed by atoms with Gasteiger partial charge < -0.3 is 10.4 Å². The van der Waals surface area contributed by atoms with Gasteiger partial charge in [-0.15, -0.1) is 11.3 Å². The first-order valence-electron chi connectivity index (χ1n) is 8.54. The third-order valence-electron chi connectivity index (χ3n) is 5.25. The van der Waals surface area contributed by atoms with Crippen LogP contribution in [-0.4, -0.2) is 32.9 Å². The minimum absolute atomic E-state index is 0.0263. The Labute approximate surface area is 139 Å². The minimum atomic E-state index is -0.363. The van der Waals surface area contributed by atoms with E-state index in [0.29, 0.717) is 6.04 Å². The molecule has 2 heterocycles. The fourth-order valence-corrected chi connectivity index (χ4v) is 4.66. The molecule has 0 saturated heterocycles. The van der Waals surface area contributed by atoms with Crippen molar-refractivity contribution >= 4 is 27.5 Å². The average molecular weight is 333 g/mol. The molecule has 0 unspecified atom stereocenters. The van der Waals surface area contributed by atoms with E-state index in [1.165, 1.54) is 43.4 Å². The predicted molar refractivity (Wildman–Crippen MR) is 91.0 cm³/mol. The van der Waals surface area contributed by atoms with E-state index in [0.717, 1.165) is 33.6 Å². The number of carbonyl (C=O) groups excluding carboxylic acids is 1. The zero-order valence-electron chi connectivity index (χ0n) is 13.5. The van der Waals surface area contributed by atoms with E-state index in [4.69, 9.17) is 5.10 Å². The third kappa shape index (κ3) is 2.68. The largest absolute Gasteiger partial charge is 0.394 e. The van der Waals surface area contributed by atoms with E-state index in [9.17, 15) is 9.90 Å². The standard InChI is InChI=1S/C17H23N3O2S/c1-11-13-9-14(15(22)18-17(10-21)7-8-17)23-16(13)20(19-11)12-5-3-2-4-6-12/h9,12,21H,2-8,10H2,1H3,(H,18,22). The number of carbonyl (C=O) groups is 1. The molecule has 2 N–H and O–H groups in total. The topological polar surface area (TPSA) is 67.2 Å². The van der Waals surface area contributed by atoms with Crippen LogP contribution in [0, 0.1) is 6.92 Å². The van der Waals surface area contributed by atoms with Crippen LogP contribution in [0.25, 0.3) is 10.2 Å². The van der Waals surface area contributed by atoms with E-state index >= 15 is 0 Å². The Kier molecular flexibility index (Phi) is 3.69. The number of aliphatic hydroxyl groups excluding tert-OH is 1. The Balaban J connectivity index is 1.63. The Hall–Kier alpha value is -1.40. The van der Waals surface area contributed by atoms with Crippen LogP contribution in [0.5, 0.6) is 0 Å². The number of rotatable bonds is 4. The summed E-state index contributed by atoms with van der Waals surface area (Å²) in [6.07, 6.45) is 7.96. The summed E-state index contributed by atoms with van der Waals surface area (Å²) in [5.41, 5.74) is 0.640. The summed E-state index contributed by atoms with van der Waals surface area (Å²) >= 11 is 1.53. The molecule has 0 aromatic carbocycles. The zero-order chi connectivity index (χ0) is 16.0. The average Bonchev–Trinajstić information content (AvgIpc) is 3.08. The molecule has 0 atom stereocenters. The van der Waals surface area contributed by atoms with E-state index < -0.39 is 0 Å². The SMILES string of the molecule is Cc1nn(C2CCCCC2)c2sc(C(=O)NC3(CO)CC3)cc12. The molecule has 5 nitrogen and oxygen atoms in total. The van der Waals surface area contributed by atoms with Crippen molar-refractivity contribution in [1.82, 2.24) is 15.1 Å². The van der Waals surface area contributed by atoms with Crippen molar-refractivity contribution in [2.45, 2.75) is 63.5 Å². The summed E-state index contributed by atoms with van der Waals surface area (Å²) in [6.45, 7) is 2.05. The number of amides is 1. The Bertz CT molecular complexity index is 738. The highest BCUT2D eigenvalue weighted by molar-refractivity contribution is 7.20. The lowest BCUT2D eigenvalue weighted by Gasteiger charge is -2.22. The van der Waals surface area contributed by atoms with Gasteiger partial charge in [0.2, 0.25) is 0 Å². The smallest absolute Gasteiger partial charge is 0.261 e. The van der Waals surface area contributed by atoms with E-state index in [2.05, 4.69) is 10.00 Å². The molecule has 2 fully saturated rings. The highest BCUT2D eigenvalue weighted by Crippen LogP contribution is 2.37. The van der Waals surface area contributed by atoms with Crippen LogP contribution in [0.3, 0.4) is 0 Å². The van der Waals surface area contributed by atoms with Gasteiger partial charge >= 0.3 is 0 Å². The molecule has 23 heavy (non-hydrogen) atoms. The van der Waals surface area contributed by atoms with Crippen LogP contribution in [0.4, 0.5) is 0 Å². The minimum Gasteiger partial charge on any atom is -0.394 e. The normalized spacial score (nSPS) is 20.8. The van der Waals surface area contributed by atoms with Gasteiger partial charge in [-0.25, -0.2) is 0 Å². The molecule has 0 spiro atoms. The summed E-state index contributed by atoms with van der Waals surface area (Å²) in [5, 5.41) is 18.2. The van der Waals surface area contributed by atoms with Gasteiger partial charge in [0.15, 0.2) is 0 Å². The molecule has 4 rings (SSSR count). The van der Waals surface area contributed by atoms with Gasteiger partial charge in [0, 0.05) is 5.39 Å². The van der Waals surface area contributed by atoms with Crippen LogP contribution in [0.15, 0.2) is 6.07 Å². The number of aromatic nitrogens is 2. The number of nitrogens with one attached hydrogen (secondary N) is 1. The maximum Gasteiger partial charge on any atom is 0.261 e. The summed E-state index contributed by atoms with van der Waals surface area (Å²) < 4.78 is 2.16. The number of thiophene rings is 1. The number of fused-ring (bicyclic) bond motifs is 1. The van der Waals surface area contributed by atoms with Gasteiger partial charge in [-0.05, 0) is 38.7 Å². The molecule has 2 aliphatic rings. The highest BCUT2D eigenvalue weighted by atomic mass is 32.1. The molecule has 2 saturated carbocycles. The van der Waals surface area contributed by atoms with Gasteiger partial charge in [-0.3, -0.25) is 9.48 Å². The first-order chi connectivity index (χ1) is 11.1. The molecule has 124 valence electrons. The summed E-state index contributed by atoms with van der Waals surface area (Å²) in [6, 6.07) is 2.44. The fourth-order valence-electron chi connectivity index (χ4n) is 3.53. The van der Waals surface area contributed by atoms with Crippen LogP contribution in [-0.2, 0) is 0 Å². The highest BCUT2D eigenvalue weighted by Gasteiger charge is 2.43. The Morgan fingerprint density at radius 3 is 2.83 bits per heavy atom. The molecule has 0 radical (unpaired) electrons. The monoisotopic (exact) mass is 333 g/mol. The molecule has 2 aromatic rings. The van der Waals surface area contributed by atoms with Crippen molar-refractivity contribution in [3.8, 4) is 0 Å². The molecular weight excluding hydrogens is 310 g/mol. The maximum atomic E-state index is 12.5. The second kappa shape index (κ2) is 5.60. The van der Waals surface area contributed by atoms with Crippen molar-refractivity contribution in [3.05, 3.63) is 16.6 Å². The second-order valence-electron chi connectivity index (χ2n) is 7.04. The van der Waals surface area contributed by atoms with Crippen molar-refractivity contribution in [2.24, 2.45) is 0 Å². The zero-order valence-corrected chi connectivity index (χ0v) is 14.3. The van der Waals surface area contributed by atoms with Crippen LogP contribution >= 0.6 is 11.3 Å². The Morgan fingerprint density at radius 2 is 2.17 bits per heavy atom. The van der Waals surface area contributed by atoms with Gasteiger partial charge in [0.25, 0.3) is 5.91 Å². The quantitative estimate of drug-likeness (QED) is 0.903. The van der Waals surface area contributed by atoms with Crippen LogP contribution in [0.2, 0.25) is 0 Å². The van der Waals surface area contributed by atoms with Crippen LogP contribution < -0.4 is 5.32 Å². The van der Waals surface area contributed by atoms with Crippen molar-refractivity contribution in [3.63, 3.8) is 0 Å². The number of hydrogen-bond acceptors (Lipinski definition) is 4. The lowest BCUT2D eigenvalue weighted by atomic mass is 9.96. The van der Waals surface area contributed by atoms with Crippen molar-refractivity contribution in [2.75, 3.05) is 6.61 Å². The van der Waals surface area contributed by atoms with E-state index in [-0.39, 0.29) is 18.1 Å². The van der Waals surface area contributed by atoms with Gasteiger partial charge in [0.1, 0.15) is 4.83 Å². The van der Waals surface area contributed by atoms with Gasteiger partial charge in [-0.2, -0.15) is 5.10 Å². The lowest BCUT2D eigenvalue weighted by molar-refractivity contribution is 0.0911. The number of hydrogen-bond donors (Lipinski definition) is 2. The van der Waals surface area contributed by atoms with Crippen molar-refractivity contribution < 1.29 is 9.90 Å². The van der Waals surface area contributed by atoms with Gasteiger partial charge in [0.05, 0.1) is 28.8 Å². The molecule has 1 amide bonds. The number of aliphatic hydroxyl groups is 1.